The number of nitrogens with zero attached hydrogens (tertiary/aromatic N) is 5. The van der Waals surface area contributed by atoms with Crippen molar-refractivity contribution in [3.63, 3.8) is 0 Å². The van der Waals surface area contributed by atoms with Crippen molar-refractivity contribution in [3.8, 4) is 0 Å². The molecule has 2 aromatic heterocycles. The Hall–Kier alpha value is -2.94. The lowest BCUT2D eigenvalue weighted by Gasteiger charge is -2.32. The molecule has 1 aromatic carbocycles. The number of aliphatic hydroxyl groups is 1. The molecule has 1 fully saturated rings. The number of piperidine rings is 1. The van der Waals surface area contributed by atoms with Crippen molar-refractivity contribution in [1.82, 2.24) is 29.2 Å². The summed E-state index contributed by atoms with van der Waals surface area (Å²) in [4.78, 5) is 31.1. The third kappa shape index (κ3) is 3.22. The maximum absolute atomic E-state index is 13.1. The monoisotopic (exact) mass is 384 g/mol. The van der Waals surface area contributed by atoms with E-state index in [4.69, 9.17) is 5.11 Å². The molecule has 148 valence electrons. The van der Waals surface area contributed by atoms with E-state index in [9.17, 15) is 9.59 Å². The Labute approximate surface area is 161 Å². The molecule has 1 aliphatic heterocycles. The number of H-pyrrole nitrogens is 1. The Morgan fingerprint density at radius 3 is 3.04 bits per heavy atom. The number of carbonyl (C=O) groups excluding carboxylic acids is 1. The molecule has 9 nitrogen and oxygen atoms in total. The fourth-order valence-corrected chi connectivity index (χ4v) is 3.98. The minimum absolute atomic E-state index is 0.0377. The molecule has 0 radical (unpaired) electrons. The van der Waals surface area contributed by atoms with E-state index < -0.39 is 0 Å². The molecule has 1 atom stereocenters. The standard InChI is InChI=1S/C19H24N6O3/c1-2-25-17(21-22-19(25)28)14-4-3-7-23(11-14)18(27)13-5-6-16-15(10-13)20-12-24(16)8-9-26/h5-6,10,12,14,26H,2-4,7-9,11H2,1H3,(H,22,28)/t14-/m0/s1. The molecule has 0 unspecified atom stereocenters. The molecule has 28 heavy (non-hydrogen) atoms. The topological polar surface area (TPSA) is 109 Å². The Morgan fingerprint density at radius 2 is 2.25 bits per heavy atom. The van der Waals surface area contributed by atoms with E-state index in [1.165, 1.54) is 0 Å². The van der Waals surface area contributed by atoms with Crippen LogP contribution < -0.4 is 5.69 Å². The van der Waals surface area contributed by atoms with Gasteiger partial charge in [-0.05, 0) is 38.0 Å². The second-order valence-electron chi connectivity index (χ2n) is 7.09. The smallest absolute Gasteiger partial charge is 0.343 e. The molecule has 1 aliphatic rings. The molecule has 3 heterocycles. The number of fused-ring (bicyclic) bond motifs is 1. The third-order valence-electron chi connectivity index (χ3n) is 5.39. The Kier molecular flexibility index (Phi) is 4.99. The summed E-state index contributed by atoms with van der Waals surface area (Å²) in [5, 5.41) is 15.8. The van der Waals surface area contributed by atoms with E-state index in [-0.39, 0.29) is 24.1 Å². The van der Waals surface area contributed by atoms with Crippen LogP contribution in [0.2, 0.25) is 0 Å². The van der Waals surface area contributed by atoms with Gasteiger partial charge in [-0.2, -0.15) is 5.10 Å². The first kappa shape index (κ1) is 18.4. The summed E-state index contributed by atoms with van der Waals surface area (Å²) in [6.07, 6.45) is 3.45. The molecule has 1 saturated heterocycles. The quantitative estimate of drug-likeness (QED) is 0.681. The van der Waals surface area contributed by atoms with E-state index in [0.29, 0.717) is 31.7 Å². The van der Waals surface area contributed by atoms with Gasteiger partial charge in [-0.15, -0.1) is 0 Å². The SMILES string of the molecule is CCn1c([C@H]2CCCN(C(=O)c3ccc4c(c3)ncn4CCO)C2)n[nH]c1=O. The molecule has 3 aromatic rings. The normalized spacial score (nSPS) is 17.4. The van der Waals surface area contributed by atoms with Crippen LogP contribution >= 0.6 is 0 Å². The molecule has 0 saturated carbocycles. The maximum atomic E-state index is 13.1. The Morgan fingerprint density at radius 1 is 1.39 bits per heavy atom. The van der Waals surface area contributed by atoms with Gasteiger partial charge >= 0.3 is 5.69 Å². The van der Waals surface area contributed by atoms with Crippen molar-refractivity contribution >= 4 is 16.9 Å². The number of aromatic nitrogens is 5. The van der Waals surface area contributed by atoms with Crippen LogP contribution in [0.3, 0.4) is 0 Å². The minimum Gasteiger partial charge on any atom is -0.395 e. The van der Waals surface area contributed by atoms with Gasteiger partial charge in [0.1, 0.15) is 5.82 Å². The number of hydrogen-bond donors (Lipinski definition) is 2. The average molecular weight is 384 g/mol. The van der Waals surface area contributed by atoms with Crippen molar-refractivity contribution < 1.29 is 9.90 Å². The highest BCUT2D eigenvalue weighted by atomic mass is 16.3. The fraction of sp³-hybridized carbons (Fsp3) is 0.474. The van der Waals surface area contributed by atoms with Gasteiger partial charge in [-0.1, -0.05) is 0 Å². The lowest BCUT2D eigenvalue weighted by Crippen LogP contribution is -2.40. The minimum atomic E-state index is -0.204. The number of amides is 1. The average Bonchev–Trinajstić information content (AvgIpc) is 3.30. The van der Waals surface area contributed by atoms with E-state index in [0.717, 1.165) is 29.7 Å². The van der Waals surface area contributed by atoms with Gasteiger partial charge in [0.05, 0.1) is 24.0 Å². The van der Waals surface area contributed by atoms with Gasteiger partial charge in [-0.25, -0.2) is 14.9 Å². The number of imidazole rings is 1. The zero-order chi connectivity index (χ0) is 19.7. The predicted molar refractivity (Wildman–Crippen MR) is 103 cm³/mol. The summed E-state index contributed by atoms with van der Waals surface area (Å²) < 4.78 is 3.50. The molecule has 2 N–H and O–H groups in total. The van der Waals surface area contributed by atoms with Crippen LogP contribution in [0.4, 0.5) is 0 Å². The lowest BCUT2D eigenvalue weighted by atomic mass is 9.96. The van der Waals surface area contributed by atoms with Gasteiger partial charge in [0.15, 0.2) is 0 Å². The third-order valence-corrected chi connectivity index (χ3v) is 5.39. The highest BCUT2D eigenvalue weighted by Gasteiger charge is 2.29. The van der Waals surface area contributed by atoms with Crippen LogP contribution in [0, 0.1) is 0 Å². The summed E-state index contributed by atoms with van der Waals surface area (Å²) in [7, 11) is 0. The first-order chi connectivity index (χ1) is 13.6. The van der Waals surface area contributed by atoms with Gasteiger partial charge < -0.3 is 14.6 Å². The van der Waals surface area contributed by atoms with Crippen LogP contribution in [0.15, 0.2) is 29.3 Å². The molecule has 0 bridgehead atoms. The second kappa shape index (κ2) is 7.59. The summed E-state index contributed by atoms with van der Waals surface area (Å²) >= 11 is 0. The van der Waals surface area contributed by atoms with Gasteiger partial charge in [-0.3, -0.25) is 9.36 Å². The van der Waals surface area contributed by atoms with Gasteiger partial charge in [0, 0.05) is 37.7 Å². The number of rotatable bonds is 5. The number of likely N-dealkylation sites (tertiary alicyclic amines) is 1. The van der Waals surface area contributed by atoms with E-state index in [1.54, 1.807) is 23.0 Å². The zero-order valence-electron chi connectivity index (χ0n) is 15.8. The van der Waals surface area contributed by atoms with E-state index in [1.807, 2.05) is 22.5 Å². The molecule has 1 amide bonds. The van der Waals surface area contributed by atoms with Crippen LogP contribution in [0.1, 0.15) is 41.9 Å². The van der Waals surface area contributed by atoms with Gasteiger partial charge in [0.2, 0.25) is 0 Å². The summed E-state index contributed by atoms with van der Waals surface area (Å²) in [5.74, 6) is 0.733. The molecule has 0 aliphatic carbocycles. The second-order valence-corrected chi connectivity index (χ2v) is 7.09. The molecular weight excluding hydrogens is 360 g/mol. The lowest BCUT2D eigenvalue weighted by molar-refractivity contribution is 0.0703. The largest absolute Gasteiger partial charge is 0.395 e. The molecule has 0 spiro atoms. The summed E-state index contributed by atoms with van der Waals surface area (Å²) in [6.45, 7) is 4.21. The molecular formula is C19H24N6O3. The predicted octanol–water partition coefficient (Wildman–Crippen LogP) is 0.953. The first-order valence-electron chi connectivity index (χ1n) is 9.62. The van der Waals surface area contributed by atoms with Crippen LogP contribution in [-0.2, 0) is 13.1 Å². The van der Waals surface area contributed by atoms with Crippen molar-refractivity contribution in [2.24, 2.45) is 0 Å². The van der Waals surface area contributed by atoms with Gasteiger partial charge in [0.25, 0.3) is 5.91 Å². The summed E-state index contributed by atoms with van der Waals surface area (Å²) in [6, 6.07) is 5.47. The Balaban J connectivity index is 1.56. The van der Waals surface area contributed by atoms with Crippen molar-refractivity contribution in [2.45, 2.75) is 38.8 Å². The Bertz CT molecular complexity index is 1050. The number of aromatic amines is 1. The van der Waals surface area contributed by atoms with Crippen LogP contribution in [-0.4, -0.2) is 59.9 Å². The zero-order valence-corrected chi connectivity index (χ0v) is 15.8. The highest BCUT2D eigenvalue weighted by molar-refractivity contribution is 5.97. The van der Waals surface area contributed by atoms with Crippen molar-refractivity contribution in [3.05, 3.63) is 46.4 Å². The van der Waals surface area contributed by atoms with E-state index >= 15 is 0 Å². The first-order valence-corrected chi connectivity index (χ1v) is 9.62. The van der Waals surface area contributed by atoms with Crippen LogP contribution in [0.25, 0.3) is 11.0 Å². The van der Waals surface area contributed by atoms with E-state index in [2.05, 4.69) is 15.2 Å². The maximum Gasteiger partial charge on any atom is 0.343 e. The number of benzene rings is 1. The molecule has 9 heteroatoms. The summed E-state index contributed by atoms with van der Waals surface area (Å²) in [5.41, 5.74) is 2.02. The number of aliphatic hydroxyl groups excluding tert-OH is 1. The van der Waals surface area contributed by atoms with Crippen molar-refractivity contribution in [2.75, 3.05) is 19.7 Å². The number of hydrogen-bond acceptors (Lipinski definition) is 5. The van der Waals surface area contributed by atoms with Crippen molar-refractivity contribution in [1.29, 1.82) is 0 Å². The fourth-order valence-electron chi connectivity index (χ4n) is 3.98. The number of carbonyl (C=O) groups is 1. The number of nitrogens with one attached hydrogen (secondary N) is 1. The molecule has 4 rings (SSSR count). The van der Waals surface area contributed by atoms with Crippen LogP contribution in [0.5, 0.6) is 0 Å². The highest BCUT2D eigenvalue weighted by Crippen LogP contribution is 2.26.